The molecule has 3 rings (SSSR count). The van der Waals surface area contributed by atoms with Gasteiger partial charge in [-0.1, -0.05) is 49.1 Å². The summed E-state index contributed by atoms with van der Waals surface area (Å²) in [6.45, 7) is 10.1. The summed E-state index contributed by atoms with van der Waals surface area (Å²) in [7, 11) is 1.55. The zero-order chi connectivity index (χ0) is 25.4. The third-order valence-corrected chi connectivity index (χ3v) is 6.46. The number of likely N-dealkylation sites (tertiary alicyclic amines) is 1. The number of carbonyl (C=O) groups is 2. The van der Waals surface area contributed by atoms with E-state index in [9.17, 15) is 14.7 Å². The van der Waals surface area contributed by atoms with Gasteiger partial charge in [0.15, 0.2) is 11.5 Å². The number of quaternary nitrogens is 1. The van der Waals surface area contributed by atoms with E-state index >= 15 is 0 Å². The van der Waals surface area contributed by atoms with Crippen molar-refractivity contribution in [3.05, 3.63) is 65.2 Å². The van der Waals surface area contributed by atoms with Crippen LogP contribution in [-0.4, -0.2) is 56.5 Å². The predicted molar refractivity (Wildman–Crippen MR) is 133 cm³/mol. The average Bonchev–Trinajstić information content (AvgIpc) is 3.14. The Morgan fingerprint density at radius 3 is 2.37 bits per heavy atom. The molecular formula is C28H36N2O5. The van der Waals surface area contributed by atoms with Gasteiger partial charge in [-0.05, 0) is 43.5 Å². The molecule has 1 saturated heterocycles. The Hall–Kier alpha value is -3.32. The molecule has 1 heterocycles. The summed E-state index contributed by atoms with van der Waals surface area (Å²) in [4.78, 5) is 29.3. The number of hydrogen-bond donors (Lipinski definition) is 1. The van der Waals surface area contributed by atoms with Gasteiger partial charge in [0.25, 0.3) is 5.91 Å². The molecule has 35 heavy (non-hydrogen) atoms. The molecule has 0 aromatic heterocycles. The van der Waals surface area contributed by atoms with E-state index < -0.39 is 23.5 Å². The topological polar surface area (TPSA) is 83.3 Å². The van der Waals surface area contributed by atoms with Crippen molar-refractivity contribution in [3.63, 3.8) is 0 Å². The summed E-state index contributed by atoms with van der Waals surface area (Å²) in [5, 5.41) is 13.5. The van der Waals surface area contributed by atoms with E-state index in [1.54, 1.807) is 48.4 Å². The number of hydrogen-bond acceptors (Lipinski definition) is 5. The third-order valence-electron chi connectivity index (χ3n) is 6.46. The van der Waals surface area contributed by atoms with Gasteiger partial charge in [0.1, 0.15) is 0 Å². The first-order valence-corrected chi connectivity index (χ1v) is 12.4. The number of ketones is 1. The molecule has 1 aliphatic rings. The van der Waals surface area contributed by atoms with Crippen molar-refractivity contribution in [2.24, 2.45) is 0 Å². The van der Waals surface area contributed by atoms with Crippen molar-refractivity contribution in [3.8, 4) is 11.5 Å². The number of nitrogens with zero attached hydrogens (tertiary/aromatic N) is 1. The normalized spacial score (nSPS) is 17.3. The van der Waals surface area contributed by atoms with Crippen LogP contribution in [0.15, 0.2) is 54.1 Å². The summed E-state index contributed by atoms with van der Waals surface area (Å²) in [6.07, 6.45) is 1.58. The van der Waals surface area contributed by atoms with Crippen LogP contribution in [0.25, 0.3) is 5.76 Å². The van der Waals surface area contributed by atoms with Gasteiger partial charge in [-0.3, -0.25) is 9.59 Å². The van der Waals surface area contributed by atoms with Crippen LogP contribution < -0.4 is 19.5 Å². The average molecular weight is 481 g/mol. The van der Waals surface area contributed by atoms with Crippen LogP contribution in [0.1, 0.15) is 50.8 Å². The van der Waals surface area contributed by atoms with Crippen molar-refractivity contribution in [1.29, 1.82) is 0 Å². The highest BCUT2D eigenvalue weighted by molar-refractivity contribution is 6.46. The van der Waals surface area contributed by atoms with Crippen molar-refractivity contribution in [2.45, 2.75) is 39.7 Å². The largest absolute Gasteiger partial charge is 0.872 e. The minimum absolute atomic E-state index is 0.0133. The number of nitrogens with one attached hydrogen (secondary N) is 1. The first kappa shape index (κ1) is 26.3. The minimum atomic E-state index is -0.775. The highest BCUT2D eigenvalue weighted by Crippen LogP contribution is 2.41. The quantitative estimate of drug-likeness (QED) is 0.286. The van der Waals surface area contributed by atoms with Crippen molar-refractivity contribution >= 4 is 17.4 Å². The van der Waals surface area contributed by atoms with E-state index in [2.05, 4.69) is 13.8 Å². The molecule has 7 nitrogen and oxygen atoms in total. The Kier molecular flexibility index (Phi) is 9.32. The predicted octanol–water partition coefficient (Wildman–Crippen LogP) is 2.02. The van der Waals surface area contributed by atoms with Crippen LogP contribution in [0, 0.1) is 0 Å². The second-order valence-electron chi connectivity index (χ2n) is 8.66. The number of benzene rings is 2. The Bertz CT molecular complexity index is 1050. The lowest BCUT2D eigenvalue weighted by Crippen LogP contribution is -3.11. The van der Waals surface area contributed by atoms with E-state index in [1.165, 1.54) is 4.90 Å². The van der Waals surface area contributed by atoms with Crippen LogP contribution in [0.5, 0.6) is 11.5 Å². The maximum atomic E-state index is 13.5. The Balaban J connectivity index is 2.05. The van der Waals surface area contributed by atoms with Gasteiger partial charge in [-0.15, -0.1) is 0 Å². The summed E-state index contributed by atoms with van der Waals surface area (Å²) >= 11 is 0. The summed E-state index contributed by atoms with van der Waals surface area (Å²) < 4.78 is 11.3. The number of carbonyl (C=O) groups excluding carboxylic acids is 2. The lowest BCUT2D eigenvalue weighted by molar-refractivity contribution is -0.896. The number of rotatable bonds is 12. The molecule has 7 heteroatoms. The number of methoxy groups -OCH3 is 1. The van der Waals surface area contributed by atoms with Crippen molar-refractivity contribution in [2.75, 3.05) is 39.9 Å². The standard InChI is InChI=1S/C28H36N2O5/c1-5-18-35-22-15-14-21(19-23(22)34-4)25-24(26(31)20-12-9-8-10-13-20)27(32)28(33)30(25)17-11-16-29(6-2)7-3/h8-10,12-15,19,25,31H,5-7,11,16-18H2,1-4H3. The minimum Gasteiger partial charge on any atom is -0.872 e. The molecule has 2 aromatic carbocycles. The molecule has 0 aliphatic carbocycles. The zero-order valence-electron chi connectivity index (χ0n) is 21.1. The molecule has 1 amide bonds. The second kappa shape index (κ2) is 12.4. The smallest absolute Gasteiger partial charge is 0.295 e. The van der Waals surface area contributed by atoms with Gasteiger partial charge >= 0.3 is 0 Å². The second-order valence-corrected chi connectivity index (χ2v) is 8.66. The maximum Gasteiger partial charge on any atom is 0.295 e. The molecule has 188 valence electrons. The maximum absolute atomic E-state index is 13.5. The fraction of sp³-hybridized carbons (Fsp3) is 0.429. The highest BCUT2D eigenvalue weighted by Gasteiger charge is 2.44. The first-order valence-electron chi connectivity index (χ1n) is 12.4. The molecule has 1 N–H and O–H groups in total. The monoisotopic (exact) mass is 480 g/mol. The Labute approximate surface area is 207 Å². The summed E-state index contributed by atoms with van der Waals surface area (Å²) in [5.74, 6) is -0.697. The third kappa shape index (κ3) is 5.85. The Morgan fingerprint density at radius 2 is 1.74 bits per heavy atom. The van der Waals surface area contributed by atoms with Crippen molar-refractivity contribution in [1.82, 2.24) is 4.90 Å². The van der Waals surface area contributed by atoms with Gasteiger partial charge < -0.3 is 24.4 Å². The molecule has 1 unspecified atom stereocenters. The first-order chi connectivity index (χ1) is 17.0. The molecule has 1 atom stereocenters. The van der Waals surface area contributed by atoms with E-state index in [1.807, 2.05) is 19.1 Å². The lowest BCUT2D eigenvalue weighted by Gasteiger charge is -2.28. The van der Waals surface area contributed by atoms with Gasteiger partial charge in [0.2, 0.25) is 5.78 Å². The summed E-state index contributed by atoms with van der Waals surface area (Å²) in [5.41, 5.74) is 1.03. The molecule has 1 aliphatic heterocycles. The van der Waals surface area contributed by atoms with E-state index in [0.29, 0.717) is 35.8 Å². The number of Topliss-reactive ketones (excluding diaryl/α,β-unsaturated/α-hetero) is 1. The molecule has 0 spiro atoms. The summed E-state index contributed by atoms with van der Waals surface area (Å²) in [6, 6.07) is 13.2. The molecule has 1 fully saturated rings. The fourth-order valence-corrected chi connectivity index (χ4v) is 4.48. The van der Waals surface area contributed by atoms with E-state index in [0.717, 1.165) is 32.5 Å². The van der Waals surface area contributed by atoms with Gasteiger partial charge in [0.05, 0.1) is 39.4 Å². The van der Waals surface area contributed by atoms with Gasteiger partial charge in [-0.2, -0.15) is 0 Å². The lowest BCUT2D eigenvalue weighted by atomic mass is 9.95. The van der Waals surface area contributed by atoms with Gasteiger partial charge in [-0.25, -0.2) is 0 Å². The molecule has 2 aromatic rings. The SMILES string of the molecule is CCCOc1ccc(C2C(=C([O-])c3ccccc3)C(=O)C(=O)N2CCC[NH+](CC)CC)cc1OC. The van der Waals surface area contributed by atoms with Gasteiger partial charge in [0, 0.05) is 18.5 Å². The van der Waals surface area contributed by atoms with Crippen LogP contribution in [0.3, 0.4) is 0 Å². The van der Waals surface area contributed by atoms with Crippen LogP contribution in [-0.2, 0) is 9.59 Å². The van der Waals surface area contributed by atoms with Crippen LogP contribution >= 0.6 is 0 Å². The van der Waals surface area contributed by atoms with E-state index in [-0.39, 0.29) is 5.57 Å². The molecular weight excluding hydrogens is 444 g/mol. The van der Waals surface area contributed by atoms with Crippen LogP contribution in [0.4, 0.5) is 0 Å². The highest BCUT2D eigenvalue weighted by atomic mass is 16.5. The molecule has 0 bridgehead atoms. The van der Waals surface area contributed by atoms with Crippen molar-refractivity contribution < 1.29 is 29.1 Å². The number of ether oxygens (including phenoxy) is 2. The van der Waals surface area contributed by atoms with Crippen LogP contribution in [0.2, 0.25) is 0 Å². The molecule has 0 radical (unpaired) electrons. The fourth-order valence-electron chi connectivity index (χ4n) is 4.48. The molecule has 0 saturated carbocycles. The zero-order valence-corrected chi connectivity index (χ0v) is 21.1. The number of amides is 1. The van der Waals surface area contributed by atoms with E-state index in [4.69, 9.17) is 9.47 Å². The Morgan fingerprint density at radius 1 is 1.03 bits per heavy atom.